The molecule has 0 unspecified atom stereocenters. The van der Waals surface area contributed by atoms with E-state index < -0.39 is 10.0 Å². The quantitative estimate of drug-likeness (QED) is 0.649. The Morgan fingerprint density at radius 2 is 1.77 bits per heavy atom. The van der Waals surface area contributed by atoms with Crippen molar-refractivity contribution in [2.45, 2.75) is 13.0 Å². The van der Waals surface area contributed by atoms with E-state index in [1.807, 2.05) is 48.5 Å². The predicted octanol–water partition coefficient (Wildman–Crippen LogP) is 4.30. The summed E-state index contributed by atoms with van der Waals surface area (Å²) in [6.07, 6.45) is 1.90. The Bertz CT molecular complexity index is 1260. The number of hydrogen-bond donors (Lipinski definition) is 1. The smallest absolute Gasteiger partial charge is 0.211 e. The van der Waals surface area contributed by atoms with Crippen molar-refractivity contribution in [1.82, 2.24) is 4.31 Å². The first-order valence-electron chi connectivity index (χ1n) is 9.90. The predicted molar refractivity (Wildman–Crippen MR) is 122 cm³/mol. The van der Waals surface area contributed by atoms with Gasteiger partial charge in [-0.25, -0.2) is 8.42 Å². The van der Waals surface area contributed by atoms with Crippen LogP contribution in [0.25, 0.3) is 11.1 Å². The first kappa shape index (κ1) is 20.9. The summed E-state index contributed by atoms with van der Waals surface area (Å²) in [6, 6.07) is 21.4. The summed E-state index contributed by atoms with van der Waals surface area (Å²) in [7, 11) is -1.58. The number of methoxy groups -OCH3 is 1. The van der Waals surface area contributed by atoms with Gasteiger partial charge in [0.05, 0.1) is 30.7 Å². The molecule has 1 N–H and O–H groups in total. The summed E-state index contributed by atoms with van der Waals surface area (Å²) in [5.41, 5.74) is 6.54. The van der Waals surface area contributed by atoms with E-state index in [0.29, 0.717) is 30.8 Å². The number of ether oxygens (including phenoxy) is 1. The molecule has 7 heteroatoms. The van der Waals surface area contributed by atoms with E-state index in [1.165, 1.54) is 10.6 Å². The molecular weight excluding hydrogens is 410 g/mol. The lowest BCUT2D eigenvalue weighted by atomic mass is 9.98. The van der Waals surface area contributed by atoms with Crippen molar-refractivity contribution in [2.75, 3.05) is 25.2 Å². The highest BCUT2D eigenvalue weighted by Crippen LogP contribution is 2.35. The van der Waals surface area contributed by atoms with Crippen molar-refractivity contribution < 1.29 is 13.2 Å². The lowest BCUT2D eigenvalue weighted by Gasteiger charge is -2.28. The van der Waals surface area contributed by atoms with Crippen molar-refractivity contribution in [2.24, 2.45) is 0 Å². The second kappa shape index (κ2) is 8.42. The van der Waals surface area contributed by atoms with Crippen molar-refractivity contribution in [3.8, 4) is 22.9 Å². The van der Waals surface area contributed by atoms with Gasteiger partial charge in [-0.15, -0.1) is 0 Å². The van der Waals surface area contributed by atoms with Gasteiger partial charge in [0.15, 0.2) is 0 Å². The van der Waals surface area contributed by atoms with Crippen LogP contribution in [0, 0.1) is 11.3 Å². The highest BCUT2D eigenvalue weighted by Gasteiger charge is 2.24. The normalized spacial score (nSPS) is 13.8. The van der Waals surface area contributed by atoms with Crippen LogP contribution in [0.5, 0.6) is 5.75 Å². The largest absolute Gasteiger partial charge is 0.495 e. The standard InChI is InChI=1S/C24H23N3O3S/c1-30-24-14-19(18-8-6-17(15-25)7-9-18)10-11-23(24)26-22-5-3-4-20-16-27(31(2,28)29)13-12-21(20)22/h3-11,14,26H,12-13,16H2,1-2H3. The van der Waals surface area contributed by atoms with Gasteiger partial charge in [0.2, 0.25) is 10.0 Å². The minimum absolute atomic E-state index is 0.387. The number of nitrogens with zero attached hydrogens (tertiary/aromatic N) is 2. The minimum Gasteiger partial charge on any atom is -0.495 e. The number of nitriles is 1. The molecule has 1 heterocycles. The zero-order valence-electron chi connectivity index (χ0n) is 17.4. The van der Waals surface area contributed by atoms with Crippen LogP contribution >= 0.6 is 0 Å². The fourth-order valence-electron chi connectivity index (χ4n) is 3.84. The average molecular weight is 434 g/mol. The highest BCUT2D eigenvalue weighted by molar-refractivity contribution is 7.88. The molecule has 3 aromatic carbocycles. The van der Waals surface area contributed by atoms with E-state index in [-0.39, 0.29) is 0 Å². The Morgan fingerprint density at radius 1 is 1.03 bits per heavy atom. The first-order valence-corrected chi connectivity index (χ1v) is 11.8. The van der Waals surface area contributed by atoms with E-state index in [1.54, 1.807) is 19.2 Å². The molecule has 0 spiro atoms. The van der Waals surface area contributed by atoms with Gasteiger partial charge in [0, 0.05) is 18.8 Å². The van der Waals surface area contributed by atoms with Crippen LogP contribution in [0.2, 0.25) is 0 Å². The molecule has 0 fully saturated rings. The number of rotatable bonds is 5. The molecule has 0 aliphatic carbocycles. The zero-order valence-corrected chi connectivity index (χ0v) is 18.2. The van der Waals surface area contributed by atoms with Crippen LogP contribution in [-0.2, 0) is 23.0 Å². The van der Waals surface area contributed by atoms with E-state index >= 15 is 0 Å². The van der Waals surface area contributed by atoms with Crippen LogP contribution in [-0.4, -0.2) is 32.6 Å². The Kier molecular flexibility index (Phi) is 5.68. The van der Waals surface area contributed by atoms with E-state index in [2.05, 4.69) is 11.4 Å². The maximum Gasteiger partial charge on any atom is 0.211 e. The lowest BCUT2D eigenvalue weighted by Crippen LogP contribution is -2.35. The van der Waals surface area contributed by atoms with Crippen LogP contribution < -0.4 is 10.1 Å². The maximum atomic E-state index is 11.9. The number of fused-ring (bicyclic) bond motifs is 1. The molecule has 1 aliphatic rings. The maximum absolute atomic E-state index is 11.9. The minimum atomic E-state index is -3.21. The molecule has 0 bridgehead atoms. The third kappa shape index (κ3) is 4.41. The molecule has 31 heavy (non-hydrogen) atoms. The SMILES string of the molecule is COc1cc(-c2ccc(C#N)cc2)ccc1Nc1cccc2c1CCN(S(C)(=O)=O)C2. The number of nitrogens with one attached hydrogen (secondary N) is 1. The molecule has 0 amide bonds. The van der Waals surface area contributed by atoms with Crippen molar-refractivity contribution in [1.29, 1.82) is 5.26 Å². The fraction of sp³-hybridized carbons (Fsp3) is 0.208. The lowest BCUT2D eigenvalue weighted by molar-refractivity contribution is 0.395. The second-order valence-electron chi connectivity index (χ2n) is 7.52. The number of anilines is 2. The first-order chi connectivity index (χ1) is 14.9. The molecule has 0 saturated heterocycles. The van der Waals surface area contributed by atoms with Gasteiger partial charge < -0.3 is 10.1 Å². The van der Waals surface area contributed by atoms with E-state index in [0.717, 1.165) is 33.6 Å². The molecule has 0 atom stereocenters. The summed E-state index contributed by atoms with van der Waals surface area (Å²) in [5, 5.41) is 12.5. The summed E-state index contributed by atoms with van der Waals surface area (Å²) < 4.78 is 31.0. The molecular formula is C24H23N3O3S. The van der Waals surface area contributed by atoms with Crippen LogP contribution in [0.15, 0.2) is 60.7 Å². The Balaban J connectivity index is 1.62. The zero-order chi connectivity index (χ0) is 22.0. The van der Waals surface area contributed by atoms with Gasteiger partial charge in [-0.3, -0.25) is 0 Å². The third-order valence-electron chi connectivity index (χ3n) is 5.52. The van der Waals surface area contributed by atoms with Crippen molar-refractivity contribution >= 4 is 21.4 Å². The van der Waals surface area contributed by atoms with Gasteiger partial charge in [0.1, 0.15) is 5.75 Å². The van der Waals surface area contributed by atoms with Gasteiger partial charge in [-0.2, -0.15) is 9.57 Å². The van der Waals surface area contributed by atoms with Crippen LogP contribution in [0.4, 0.5) is 11.4 Å². The number of hydrogen-bond acceptors (Lipinski definition) is 5. The van der Waals surface area contributed by atoms with Crippen LogP contribution in [0.3, 0.4) is 0 Å². The van der Waals surface area contributed by atoms with Gasteiger partial charge in [-0.05, 0) is 59.0 Å². The molecule has 4 rings (SSSR count). The molecule has 6 nitrogen and oxygen atoms in total. The Labute approximate surface area is 182 Å². The van der Waals surface area contributed by atoms with Crippen molar-refractivity contribution in [3.05, 3.63) is 77.4 Å². The van der Waals surface area contributed by atoms with Crippen molar-refractivity contribution in [3.63, 3.8) is 0 Å². The molecule has 158 valence electrons. The van der Waals surface area contributed by atoms with E-state index in [4.69, 9.17) is 10.00 Å². The average Bonchev–Trinajstić information content (AvgIpc) is 2.78. The number of benzene rings is 3. The summed E-state index contributed by atoms with van der Waals surface area (Å²) >= 11 is 0. The second-order valence-corrected chi connectivity index (χ2v) is 9.50. The molecule has 0 aromatic heterocycles. The summed E-state index contributed by atoms with van der Waals surface area (Å²) in [5.74, 6) is 0.702. The summed E-state index contributed by atoms with van der Waals surface area (Å²) in [6.45, 7) is 0.859. The Hall–Kier alpha value is -3.34. The van der Waals surface area contributed by atoms with Gasteiger partial charge >= 0.3 is 0 Å². The van der Waals surface area contributed by atoms with E-state index in [9.17, 15) is 8.42 Å². The molecule has 0 radical (unpaired) electrons. The molecule has 1 aliphatic heterocycles. The topological polar surface area (TPSA) is 82.4 Å². The molecule has 0 saturated carbocycles. The monoisotopic (exact) mass is 433 g/mol. The Morgan fingerprint density at radius 3 is 2.45 bits per heavy atom. The molecule has 3 aromatic rings. The number of sulfonamides is 1. The van der Waals surface area contributed by atoms with Gasteiger partial charge in [0.25, 0.3) is 0 Å². The third-order valence-corrected chi connectivity index (χ3v) is 6.77. The van der Waals surface area contributed by atoms with Crippen LogP contribution in [0.1, 0.15) is 16.7 Å². The van der Waals surface area contributed by atoms with Gasteiger partial charge in [-0.1, -0.05) is 30.3 Å². The summed E-state index contributed by atoms with van der Waals surface area (Å²) in [4.78, 5) is 0. The highest BCUT2D eigenvalue weighted by atomic mass is 32.2. The fourth-order valence-corrected chi connectivity index (χ4v) is 4.64.